The molecule has 2 aromatic rings. The molecule has 1 heterocycles. The molecule has 0 spiro atoms. The number of nitrogens with zero attached hydrogens (tertiary/aromatic N) is 3. The van der Waals surface area contributed by atoms with Crippen molar-refractivity contribution in [1.29, 1.82) is 0 Å². The first-order valence-electron chi connectivity index (χ1n) is 7.04. The highest BCUT2D eigenvalue weighted by Gasteiger charge is 2.13. The number of rotatable bonds is 6. The maximum Gasteiger partial charge on any atom is 0.228 e. The SMILES string of the molecule is CCC(Nc1nc(N)nc(SC)n1)c1ccc(OC)c(C)c1. The Labute approximate surface area is 134 Å². The number of hydrogen-bond acceptors (Lipinski definition) is 7. The number of benzene rings is 1. The van der Waals surface area contributed by atoms with Gasteiger partial charge in [-0.05, 0) is 36.8 Å². The normalized spacial score (nSPS) is 12.0. The lowest BCUT2D eigenvalue weighted by Crippen LogP contribution is -2.14. The molecule has 1 atom stereocenters. The molecule has 0 fully saturated rings. The highest BCUT2D eigenvalue weighted by atomic mass is 32.2. The summed E-state index contributed by atoms with van der Waals surface area (Å²) in [6.07, 6.45) is 2.80. The van der Waals surface area contributed by atoms with Crippen LogP contribution in [0.25, 0.3) is 0 Å². The molecule has 1 aromatic carbocycles. The van der Waals surface area contributed by atoms with Crippen LogP contribution in [-0.2, 0) is 0 Å². The zero-order valence-corrected chi connectivity index (χ0v) is 14.1. The number of aromatic nitrogens is 3. The van der Waals surface area contributed by atoms with Gasteiger partial charge in [-0.3, -0.25) is 0 Å². The van der Waals surface area contributed by atoms with E-state index >= 15 is 0 Å². The van der Waals surface area contributed by atoms with Crippen molar-refractivity contribution in [3.63, 3.8) is 0 Å². The number of nitrogen functional groups attached to an aromatic ring is 1. The third-order valence-electron chi connectivity index (χ3n) is 3.35. The van der Waals surface area contributed by atoms with Gasteiger partial charge in [0.1, 0.15) is 5.75 Å². The average Bonchev–Trinajstić information content (AvgIpc) is 2.52. The smallest absolute Gasteiger partial charge is 0.228 e. The number of nitrogens with one attached hydrogen (secondary N) is 1. The van der Waals surface area contributed by atoms with Gasteiger partial charge in [-0.15, -0.1) is 0 Å². The topological polar surface area (TPSA) is 86.0 Å². The van der Waals surface area contributed by atoms with Crippen molar-refractivity contribution in [2.45, 2.75) is 31.5 Å². The Balaban J connectivity index is 2.25. The molecule has 0 saturated carbocycles. The third-order valence-corrected chi connectivity index (χ3v) is 3.90. The molecule has 1 unspecified atom stereocenters. The van der Waals surface area contributed by atoms with Crippen molar-refractivity contribution in [2.75, 3.05) is 24.4 Å². The lowest BCUT2D eigenvalue weighted by Gasteiger charge is -2.19. The molecule has 7 heteroatoms. The van der Waals surface area contributed by atoms with Gasteiger partial charge in [0.15, 0.2) is 5.16 Å². The number of anilines is 2. The van der Waals surface area contributed by atoms with Gasteiger partial charge in [0.25, 0.3) is 0 Å². The van der Waals surface area contributed by atoms with E-state index in [1.807, 2.05) is 25.3 Å². The van der Waals surface area contributed by atoms with E-state index in [1.54, 1.807) is 7.11 Å². The molecular formula is C15H21N5OS. The molecule has 0 amide bonds. The minimum atomic E-state index is 0.0983. The number of methoxy groups -OCH3 is 1. The first-order chi connectivity index (χ1) is 10.6. The number of aryl methyl sites for hydroxylation is 1. The lowest BCUT2D eigenvalue weighted by atomic mass is 10.0. The van der Waals surface area contributed by atoms with Crippen LogP contribution in [0.5, 0.6) is 5.75 Å². The minimum Gasteiger partial charge on any atom is -0.496 e. The summed E-state index contributed by atoms with van der Waals surface area (Å²) in [4.78, 5) is 12.6. The third kappa shape index (κ3) is 3.79. The van der Waals surface area contributed by atoms with E-state index in [0.29, 0.717) is 11.1 Å². The highest BCUT2D eigenvalue weighted by molar-refractivity contribution is 7.98. The van der Waals surface area contributed by atoms with E-state index in [0.717, 1.165) is 23.3 Å². The monoisotopic (exact) mass is 319 g/mol. The Morgan fingerprint density at radius 1 is 1.32 bits per heavy atom. The van der Waals surface area contributed by atoms with Crippen LogP contribution in [0.1, 0.15) is 30.5 Å². The van der Waals surface area contributed by atoms with Crippen molar-refractivity contribution in [3.8, 4) is 5.75 Å². The molecule has 0 aliphatic rings. The van der Waals surface area contributed by atoms with Crippen LogP contribution in [0.3, 0.4) is 0 Å². The summed E-state index contributed by atoms with van der Waals surface area (Å²) in [5.41, 5.74) is 7.98. The maximum absolute atomic E-state index is 5.72. The Bertz CT molecular complexity index is 650. The Kier molecular flexibility index (Phi) is 5.43. The van der Waals surface area contributed by atoms with E-state index in [9.17, 15) is 0 Å². The molecule has 6 nitrogen and oxygen atoms in total. The second-order valence-electron chi connectivity index (χ2n) is 4.84. The van der Waals surface area contributed by atoms with E-state index < -0.39 is 0 Å². The summed E-state index contributed by atoms with van der Waals surface area (Å²) < 4.78 is 5.30. The summed E-state index contributed by atoms with van der Waals surface area (Å²) in [6.45, 7) is 4.14. The Hall–Kier alpha value is -2.02. The predicted molar refractivity (Wildman–Crippen MR) is 90.4 cm³/mol. The number of ether oxygens (including phenoxy) is 1. The summed E-state index contributed by atoms with van der Waals surface area (Å²) in [6, 6.07) is 6.23. The molecule has 0 bridgehead atoms. The summed E-state index contributed by atoms with van der Waals surface area (Å²) >= 11 is 1.44. The fraction of sp³-hybridized carbons (Fsp3) is 0.400. The van der Waals surface area contributed by atoms with Gasteiger partial charge in [0.2, 0.25) is 11.9 Å². The van der Waals surface area contributed by atoms with Gasteiger partial charge >= 0.3 is 0 Å². The molecule has 3 N–H and O–H groups in total. The van der Waals surface area contributed by atoms with Crippen molar-refractivity contribution in [3.05, 3.63) is 29.3 Å². The Morgan fingerprint density at radius 2 is 2.09 bits per heavy atom. The number of hydrogen-bond donors (Lipinski definition) is 2. The molecule has 1 aromatic heterocycles. The summed E-state index contributed by atoms with van der Waals surface area (Å²) in [5.74, 6) is 1.60. The first kappa shape index (κ1) is 16.4. The first-order valence-corrected chi connectivity index (χ1v) is 8.26. The number of thioether (sulfide) groups is 1. The van der Waals surface area contributed by atoms with Crippen LogP contribution in [0.4, 0.5) is 11.9 Å². The second kappa shape index (κ2) is 7.31. The van der Waals surface area contributed by atoms with E-state index in [1.165, 1.54) is 11.8 Å². The standard InChI is InChI=1S/C15H21N5OS/c1-5-11(10-6-7-12(21-3)9(2)8-10)17-14-18-13(16)19-15(20-14)22-4/h6-8,11H,5H2,1-4H3,(H3,16,17,18,19,20). The van der Waals surface area contributed by atoms with Crippen molar-refractivity contribution in [2.24, 2.45) is 0 Å². The van der Waals surface area contributed by atoms with Crippen LogP contribution < -0.4 is 15.8 Å². The van der Waals surface area contributed by atoms with E-state index in [2.05, 4.69) is 33.3 Å². The molecule has 22 heavy (non-hydrogen) atoms. The Morgan fingerprint density at radius 3 is 2.68 bits per heavy atom. The lowest BCUT2D eigenvalue weighted by molar-refractivity contribution is 0.411. The minimum absolute atomic E-state index is 0.0983. The molecule has 0 saturated heterocycles. The van der Waals surface area contributed by atoms with Crippen LogP contribution in [-0.4, -0.2) is 28.3 Å². The molecule has 118 valence electrons. The quantitative estimate of drug-likeness (QED) is 0.791. The van der Waals surface area contributed by atoms with Gasteiger partial charge in [0.05, 0.1) is 13.2 Å². The molecular weight excluding hydrogens is 298 g/mol. The van der Waals surface area contributed by atoms with Gasteiger partial charge in [-0.2, -0.15) is 15.0 Å². The van der Waals surface area contributed by atoms with Gasteiger partial charge < -0.3 is 15.8 Å². The van der Waals surface area contributed by atoms with Gasteiger partial charge in [-0.1, -0.05) is 30.8 Å². The van der Waals surface area contributed by atoms with Crippen LogP contribution >= 0.6 is 11.8 Å². The highest BCUT2D eigenvalue weighted by Crippen LogP contribution is 2.26. The fourth-order valence-electron chi connectivity index (χ4n) is 2.22. The second-order valence-corrected chi connectivity index (χ2v) is 5.61. The van der Waals surface area contributed by atoms with Gasteiger partial charge in [0, 0.05) is 0 Å². The zero-order valence-electron chi connectivity index (χ0n) is 13.3. The molecule has 2 rings (SSSR count). The van der Waals surface area contributed by atoms with Crippen LogP contribution in [0.2, 0.25) is 0 Å². The maximum atomic E-state index is 5.72. The van der Waals surface area contributed by atoms with Crippen molar-refractivity contribution < 1.29 is 4.74 Å². The van der Waals surface area contributed by atoms with E-state index in [4.69, 9.17) is 10.5 Å². The van der Waals surface area contributed by atoms with Crippen LogP contribution in [0.15, 0.2) is 23.4 Å². The predicted octanol–water partition coefficient (Wildman–Crippen LogP) is 3.06. The number of nitrogens with two attached hydrogens (primary N) is 1. The van der Waals surface area contributed by atoms with Crippen molar-refractivity contribution in [1.82, 2.24) is 15.0 Å². The average molecular weight is 319 g/mol. The zero-order chi connectivity index (χ0) is 16.1. The molecule has 0 aliphatic carbocycles. The molecule has 0 radical (unpaired) electrons. The van der Waals surface area contributed by atoms with E-state index in [-0.39, 0.29) is 12.0 Å². The van der Waals surface area contributed by atoms with Crippen molar-refractivity contribution >= 4 is 23.7 Å². The van der Waals surface area contributed by atoms with Crippen LogP contribution in [0, 0.1) is 6.92 Å². The molecule has 0 aliphatic heterocycles. The summed E-state index contributed by atoms with van der Waals surface area (Å²) in [7, 11) is 1.68. The van der Waals surface area contributed by atoms with Gasteiger partial charge in [-0.25, -0.2) is 0 Å². The summed E-state index contributed by atoms with van der Waals surface area (Å²) in [5, 5.41) is 3.94. The fourth-order valence-corrected chi connectivity index (χ4v) is 2.59. The largest absolute Gasteiger partial charge is 0.496 e.